The molecule has 1 heterocycles. The van der Waals surface area contributed by atoms with E-state index in [1.54, 1.807) is 0 Å². The summed E-state index contributed by atoms with van der Waals surface area (Å²) < 4.78 is 11.1. The third-order valence-corrected chi connectivity index (χ3v) is 3.56. The van der Waals surface area contributed by atoms with Gasteiger partial charge in [0, 0.05) is 25.2 Å². The number of nitrogens with one attached hydrogen (secondary N) is 2. The molecule has 2 N–H and O–H groups in total. The van der Waals surface area contributed by atoms with Gasteiger partial charge >= 0.3 is 6.09 Å². The lowest BCUT2D eigenvalue weighted by Gasteiger charge is -2.20. The van der Waals surface area contributed by atoms with E-state index in [0.717, 1.165) is 30.9 Å². The largest absolute Gasteiger partial charge is 0.488 e. The van der Waals surface area contributed by atoms with E-state index in [9.17, 15) is 4.79 Å². The number of nitrogens with zero attached hydrogens (tertiary/aromatic N) is 1. The molecule has 0 fully saturated rings. The minimum absolute atomic E-state index is 0.0513. The van der Waals surface area contributed by atoms with Crippen LogP contribution in [0.4, 0.5) is 10.5 Å². The molecule has 1 atom stereocenters. The highest BCUT2D eigenvalue weighted by atomic mass is 16.6. The molecule has 6 nitrogen and oxygen atoms in total. The first kappa shape index (κ1) is 18.4. The predicted octanol–water partition coefficient (Wildman–Crippen LogP) is 2.49. The van der Waals surface area contributed by atoms with Gasteiger partial charge in [-0.15, -0.1) is 0 Å². The van der Waals surface area contributed by atoms with Crippen LogP contribution < -0.4 is 15.4 Å². The minimum atomic E-state index is -0.489. The van der Waals surface area contributed by atoms with Gasteiger partial charge in [-0.1, -0.05) is 0 Å². The number of carbonyl (C=O) groups excluding carboxylic acids is 1. The van der Waals surface area contributed by atoms with Gasteiger partial charge in [0.25, 0.3) is 0 Å². The second-order valence-electron chi connectivity index (χ2n) is 7.38. The van der Waals surface area contributed by atoms with Crippen LogP contribution in [0.5, 0.6) is 5.75 Å². The maximum absolute atomic E-state index is 11.7. The van der Waals surface area contributed by atoms with Crippen LogP contribution in [0.15, 0.2) is 18.2 Å². The van der Waals surface area contributed by atoms with E-state index in [1.807, 2.05) is 32.9 Å². The molecule has 0 saturated heterocycles. The molecule has 1 amide bonds. The van der Waals surface area contributed by atoms with Crippen LogP contribution in [0.2, 0.25) is 0 Å². The fourth-order valence-corrected chi connectivity index (χ4v) is 2.48. The highest BCUT2D eigenvalue weighted by molar-refractivity contribution is 5.67. The summed E-state index contributed by atoms with van der Waals surface area (Å²) >= 11 is 0. The number of fused-ring (bicyclic) bond motifs is 1. The molecule has 0 aromatic heterocycles. The van der Waals surface area contributed by atoms with E-state index >= 15 is 0 Å². The summed E-state index contributed by atoms with van der Waals surface area (Å²) in [6, 6.07) is 6.14. The average Bonchev–Trinajstić information content (AvgIpc) is 2.85. The van der Waals surface area contributed by atoms with Crippen LogP contribution >= 0.6 is 0 Å². The summed E-state index contributed by atoms with van der Waals surface area (Å²) in [5.41, 5.74) is 1.78. The number of rotatable bonds is 6. The number of amides is 1. The summed E-state index contributed by atoms with van der Waals surface area (Å²) in [5.74, 6) is 0.893. The monoisotopic (exact) mass is 335 g/mol. The van der Waals surface area contributed by atoms with Crippen LogP contribution in [0, 0.1) is 0 Å². The van der Waals surface area contributed by atoms with Crippen molar-refractivity contribution in [3.05, 3.63) is 23.8 Å². The van der Waals surface area contributed by atoms with E-state index in [4.69, 9.17) is 9.47 Å². The van der Waals surface area contributed by atoms with Crippen LogP contribution in [0.25, 0.3) is 0 Å². The number of alkyl carbamates (subject to hydrolysis) is 1. The summed E-state index contributed by atoms with van der Waals surface area (Å²) in [6.45, 7) is 7.86. The molecular formula is C18H29N3O3. The molecule has 6 heteroatoms. The highest BCUT2D eigenvalue weighted by Crippen LogP contribution is 2.31. The molecule has 0 spiro atoms. The van der Waals surface area contributed by atoms with Crippen molar-refractivity contribution in [2.75, 3.05) is 39.0 Å². The van der Waals surface area contributed by atoms with Gasteiger partial charge < -0.3 is 25.0 Å². The SMILES string of the molecule is CN(C)CCNc1ccc2c(c1)CC(CNC(=O)OC(C)(C)C)O2. The lowest BCUT2D eigenvalue weighted by atomic mass is 10.1. The second kappa shape index (κ2) is 7.75. The van der Waals surface area contributed by atoms with E-state index in [2.05, 4.69) is 35.7 Å². The third-order valence-electron chi connectivity index (χ3n) is 3.56. The lowest BCUT2D eigenvalue weighted by molar-refractivity contribution is 0.0506. The van der Waals surface area contributed by atoms with Crippen molar-refractivity contribution >= 4 is 11.8 Å². The van der Waals surface area contributed by atoms with E-state index < -0.39 is 11.7 Å². The molecule has 0 radical (unpaired) electrons. The molecule has 0 saturated carbocycles. The maximum atomic E-state index is 11.7. The molecule has 1 unspecified atom stereocenters. The predicted molar refractivity (Wildman–Crippen MR) is 95.8 cm³/mol. The van der Waals surface area contributed by atoms with E-state index in [-0.39, 0.29) is 6.10 Å². The van der Waals surface area contributed by atoms with Crippen LogP contribution in [-0.2, 0) is 11.2 Å². The molecule has 2 rings (SSSR count). The smallest absolute Gasteiger partial charge is 0.407 e. The Hall–Kier alpha value is -1.95. The van der Waals surface area contributed by atoms with Crippen LogP contribution in [0.3, 0.4) is 0 Å². The first-order valence-electron chi connectivity index (χ1n) is 8.38. The van der Waals surface area contributed by atoms with Gasteiger partial charge in [-0.05, 0) is 58.6 Å². The summed E-state index contributed by atoms with van der Waals surface area (Å²) in [5, 5.41) is 6.18. The molecule has 1 aromatic rings. The van der Waals surface area contributed by atoms with Gasteiger partial charge in [-0.2, -0.15) is 0 Å². The number of carbonyl (C=O) groups is 1. The second-order valence-corrected chi connectivity index (χ2v) is 7.38. The topological polar surface area (TPSA) is 62.8 Å². The van der Waals surface area contributed by atoms with Gasteiger partial charge in [0.2, 0.25) is 0 Å². The van der Waals surface area contributed by atoms with Gasteiger partial charge in [0.1, 0.15) is 17.5 Å². The highest BCUT2D eigenvalue weighted by Gasteiger charge is 2.24. The number of anilines is 1. The first-order chi connectivity index (χ1) is 11.2. The average molecular weight is 335 g/mol. The molecule has 24 heavy (non-hydrogen) atoms. The van der Waals surface area contributed by atoms with E-state index in [1.165, 1.54) is 5.56 Å². The fraction of sp³-hybridized carbons (Fsp3) is 0.611. The van der Waals surface area contributed by atoms with Crippen molar-refractivity contribution in [1.29, 1.82) is 0 Å². The zero-order valence-corrected chi connectivity index (χ0v) is 15.3. The molecule has 1 aliphatic heterocycles. The normalized spacial score (nSPS) is 16.5. The molecule has 0 aliphatic carbocycles. The van der Waals surface area contributed by atoms with Crippen molar-refractivity contribution in [3.63, 3.8) is 0 Å². The standard InChI is InChI=1S/C18H29N3O3/c1-18(2,3)24-17(22)20-12-15-11-13-10-14(6-7-16(13)23-15)19-8-9-21(4)5/h6-7,10,15,19H,8-9,11-12H2,1-5H3,(H,20,22). The Labute approximate surface area is 144 Å². The Morgan fingerprint density at radius 1 is 1.38 bits per heavy atom. The zero-order chi connectivity index (χ0) is 17.7. The molecule has 1 aliphatic rings. The van der Waals surface area contributed by atoms with Gasteiger partial charge in [0.05, 0.1) is 6.54 Å². The van der Waals surface area contributed by atoms with Crippen molar-refractivity contribution in [1.82, 2.24) is 10.2 Å². The molecule has 134 valence electrons. The first-order valence-corrected chi connectivity index (χ1v) is 8.38. The summed E-state index contributed by atoms with van der Waals surface area (Å²) in [4.78, 5) is 13.9. The maximum Gasteiger partial charge on any atom is 0.407 e. The van der Waals surface area contributed by atoms with Crippen LogP contribution in [0.1, 0.15) is 26.3 Å². The van der Waals surface area contributed by atoms with Crippen molar-refractivity contribution in [2.45, 2.75) is 38.9 Å². The summed E-state index contributed by atoms with van der Waals surface area (Å²) in [6.07, 6.45) is 0.326. The quantitative estimate of drug-likeness (QED) is 0.836. The van der Waals surface area contributed by atoms with Gasteiger partial charge in [-0.3, -0.25) is 0 Å². The summed E-state index contributed by atoms with van der Waals surface area (Å²) in [7, 11) is 4.11. The lowest BCUT2D eigenvalue weighted by Crippen LogP contribution is -2.38. The Morgan fingerprint density at radius 3 is 2.79 bits per heavy atom. The Morgan fingerprint density at radius 2 is 2.12 bits per heavy atom. The molecule has 1 aromatic carbocycles. The van der Waals surface area contributed by atoms with E-state index in [0.29, 0.717) is 6.54 Å². The molecular weight excluding hydrogens is 306 g/mol. The number of hydrogen-bond acceptors (Lipinski definition) is 5. The fourth-order valence-electron chi connectivity index (χ4n) is 2.48. The minimum Gasteiger partial charge on any atom is -0.488 e. The van der Waals surface area contributed by atoms with Crippen molar-refractivity contribution in [3.8, 4) is 5.75 Å². The van der Waals surface area contributed by atoms with Crippen molar-refractivity contribution < 1.29 is 14.3 Å². The molecule has 0 bridgehead atoms. The number of ether oxygens (including phenoxy) is 2. The number of likely N-dealkylation sites (N-methyl/N-ethyl adjacent to an activating group) is 1. The Kier molecular flexibility index (Phi) is 5.94. The zero-order valence-electron chi connectivity index (χ0n) is 15.3. The van der Waals surface area contributed by atoms with Gasteiger partial charge in [0.15, 0.2) is 0 Å². The van der Waals surface area contributed by atoms with Crippen molar-refractivity contribution in [2.24, 2.45) is 0 Å². The van der Waals surface area contributed by atoms with Gasteiger partial charge in [-0.25, -0.2) is 4.79 Å². The number of hydrogen-bond donors (Lipinski definition) is 2. The number of benzene rings is 1. The Bertz CT molecular complexity index is 567. The third kappa shape index (κ3) is 5.92. The van der Waals surface area contributed by atoms with Crippen LogP contribution in [-0.4, -0.2) is 56.4 Å². The Balaban J connectivity index is 1.80.